The molecule has 1 unspecified atom stereocenters. The standard InChI is InChI=1S/C20H20F10O5/c21-17(22,19(25,26)27)8-6-15(31)34-12-14(11-33-10-13-4-2-1-3-5-13)35-16(32)7-9-18(23,24)20(28,29)30/h1-5,14H,6-12H2. The minimum Gasteiger partial charge on any atom is -0.462 e. The van der Waals surface area contributed by atoms with E-state index in [-0.39, 0.29) is 6.61 Å². The molecule has 35 heavy (non-hydrogen) atoms. The molecule has 0 saturated heterocycles. The highest BCUT2D eigenvalue weighted by molar-refractivity contribution is 5.70. The number of rotatable bonds is 13. The molecule has 1 atom stereocenters. The average Bonchev–Trinajstić information content (AvgIpc) is 2.73. The number of carbonyl (C=O) groups excluding carboxylic acids is 2. The normalized spacial score (nSPS) is 13.9. The number of esters is 2. The first kappa shape index (κ1) is 30.5. The van der Waals surface area contributed by atoms with Gasteiger partial charge in [0.15, 0.2) is 6.10 Å². The zero-order valence-corrected chi connectivity index (χ0v) is 17.7. The molecular weight excluding hydrogens is 510 g/mol. The molecule has 0 aliphatic rings. The van der Waals surface area contributed by atoms with Gasteiger partial charge in [-0.3, -0.25) is 9.59 Å². The van der Waals surface area contributed by atoms with Crippen molar-refractivity contribution in [2.45, 2.75) is 62.6 Å². The number of hydrogen-bond acceptors (Lipinski definition) is 5. The maximum absolute atomic E-state index is 13.0. The Hall–Kier alpha value is -2.58. The van der Waals surface area contributed by atoms with Gasteiger partial charge in [0.2, 0.25) is 0 Å². The van der Waals surface area contributed by atoms with Crippen LogP contribution in [-0.2, 0) is 30.4 Å². The summed E-state index contributed by atoms with van der Waals surface area (Å²) in [5.74, 6) is -13.4. The number of carbonyl (C=O) groups is 2. The number of hydrogen-bond donors (Lipinski definition) is 0. The van der Waals surface area contributed by atoms with E-state index in [1.165, 1.54) is 0 Å². The highest BCUT2D eigenvalue weighted by Crippen LogP contribution is 2.39. The first-order valence-corrected chi connectivity index (χ1v) is 9.80. The van der Waals surface area contributed by atoms with Crippen LogP contribution in [0.2, 0.25) is 0 Å². The number of ether oxygens (including phenoxy) is 3. The lowest BCUT2D eigenvalue weighted by Crippen LogP contribution is -2.37. The maximum atomic E-state index is 13.0. The predicted molar refractivity (Wildman–Crippen MR) is 97.4 cm³/mol. The van der Waals surface area contributed by atoms with Crippen LogP contribution in [0.5, 0.6) is 0 Å². The minimum absolute atomic E-state index is 0.0905. The van der Waals surface area contributed by atoms with Gasteiger partial charge in [0.25, 0.3) is 0 Å². The lowest BCUT2D eigenvalue weighted by Gasteiger charge is -2.21. The average molecular weight is 530 g/mol. The minimum atomic E-state index is -5.90. The summed E-state index contributed by atoms with van der Waals surface area (Å²) in [5, 5.41) is 0. The van der Waals surface area contributed by atoms with Gasteiger partial charge in [0, 0.05) is 12.8 Å². The van der Waals surface area contributed by atoms with Crippen LogP contribution in [0.25, 0.3) is 0 Å². The summed E-state index contributed by atoms with van der Waals surface area (Å²) in [5.41, 5.74) is 0.619. The lowest BCUT2D eigenvalue weighted by atomic mass is 10.2. The SMILES string of the molecule is O=C(CCC(F)(F)C(F)(F)F)OCC(COCc1ccccc1)OC(=O)CCC(F)(F)C(F)(F)F. The van der Waals surface area contributed by atoms with Crippen LogP contribution >= 0.6 is 0 Å². The summed E-state index contributed by atoms with van der Waals surface area (Å²) < 4.78 is 139. The third-order valence-electron chi connectivity index (χ3n) is 4.26. The molecule has 0 bridgehead atoms. The Balaban J connectivity index is 2.67. The fourth-order valence-electron chi connectivity index (χ4n) is 2.30. The van der Waals surface area contributed by atoms with E-state index >= 15 is 0 Å². The van der Waals surface area contributed by atoms with Gasteiger partial charge in [-0.2, -0.15) is 43.9 Å². The van der Waals surface area contributed by atoms with Crippen molar-refractivity contribution >= 4 is 11.9 Å². The molecule has 15 heteroatoms. The monoisotopic (exact) mass is 530 g/mol. The zero-order chi connectivity index (χ0) is 26.9. The molecule has 1 aromatic rings. The summed E-state index contributed by atoms with van der Waals surface area (Å²) in [7, 11) is 0. The van der Waals surface area contributed by atoms with Gasteiger partial charge in [0.1, 0.15) is 6.61 Å². The Morgan fingerprint density at radius 3 is 1.69 bits per heavy atom. The first-order chi connectivity index (χ1) is 15.9. The van der Waals surface area contributed by atoms with Gasteiger partial charge in [-0.1, -0.05) is 30.3 Å². The van der Waals surface area contributed by atoms with Crippen molar-refractivity contribution in [3.05, 3.63) is 35.9 Å². The van der Waals surface area contributed by atoms with Crippen molar-refractivity contribution in [2.24, 2.45) is 0 Å². The van der Waals surface area contributed by atoms with Gasteiger partial charge in [0.05, 0.1) is 26.1 Å². The summed E-state index contributed by atoms with van der Waals surface area (Å²) >= 11 is 0. The van der Waals surface area contributed by atoms with Crippen molar-refractivity contribution in [1.82, 2.24) is 0 Å². The van der Waals surface area contributed by atoms with Gasteiger partial charge in [-0.15, -0.1) is 0 Å². The second-order valence-corrected chi connectivity index (χ2v) is 7.20. The number of benzene rings is 1. The molecule has 0 amide bonds. The molecule has 0 fully saturated rings. The van der Waals surface area contributed by atoms with E-state index in [0.717, 1.165) is 0 Å². The highest BCUT2D eigenvalue weighted by Gasteiger charge is 2.57. The van der Waals surface area contributed by atoms with Crippen molar-refractivity contribution in [3.8, 4) is 0 Å². The second kappa shape index (κ2) is 12.4. The Morgan fingerprint density at radius 1 is 0.714 bits per heavy atom. The van der Waals surface area contributed by atoms with Crippen LogP contribution in [0.15, 0.2) is 30.3 Å². The molecular formula is C20H20F10O5. The van der Waals surface area contributed by atoms with Crippen molar-refractivity contribution in [2.75, 3.05) is 13.2 Å². The molecule has 5 nitrogen and oxygen atoms in total. The summed E-state index contributed by atoms with van der Waals surface area (Å²) in [6.45, 7) is -1.60. The molecule has 200 valence electrons. The summed E-state index contributed by atoms with van der Waals surface area (Å²) in [6, 6.07) is 8.24. The van der Waals surface area contributed by atoms with E-state index in [2.05, 4.69) is 9.47 Å². The summed E-state index contributed by atoms with van der Waals surface area (Å²) in [4.78, 5) is 23.3. The third-order valence-corrected chi connectivity index (χ3v) is 4.26. The molecule has 0 saturated carbocycles. The fourth-order valence-corrected chi connectivity index (χ4v) is 2.30. The van der Waals surface area contributed by atoms with Gasteiger partial charge < -0.3 is 14.2 Å². The smallest absolute Gasteiger partial charge is 0.453 e. The lowest BCUT2D eigenvalue weighted by molar-refractivity contribution is -0.284. The van der Waals surface area contributed by atoms with Crippen molar-refractivity contribution in [3.63, 3.8) is 0 Å². The number of halogens is 10. The second-order valence-electron chi connectivity index (χ2n) is 7.20. The fraction of sp³-hybridized carbons (Fsp3) is 0.600. The van der Waals surface area contributed by atoms with E-state index in [1.807, 2.05) is 0 Å². The molecule has 1 rings (SSSR count). The Labute approximate surface area is 192 Å². The molecule has 0 aromatic heterocycles. The van der Waals surface area contributed by atoms with Gasteiger partial charge in [-0.05, 0) is 5.56 Å². The molecule has 0 heterocycles. The molecule has 0 aliphatic carbocycles. The molecule has 0 N–H and O–H groups in total. The van der Waals surface area contributed by atoms with Gasteiger partial charge >= 0.3 is 36.1 Å². The predicted octanol–water partition coefficient (Wildman–Crippen LogP) is 5.61. The Kier molecular flexibility index (Phi) is 10.8. The highest BCUT2D eigenvalue weighted by atomic mass is 19.4. The third kappa shape index (κ3) is 10.7. The van der Waals surface area contributed by atoms with Crippen molar-refractivity contribution in [1.29, 1.82) is 0 Å². The topological polar surface area (TPSA) is 61.8 Å². The van der Waals surface area contributed by atoms with E-state index in [9.17, 15) is 53.5 Å². The quantitative estimate of drug-likeness (QED) is 0.245. The van der Waals surface area contributed by atoms with Crippen LogP contribution in [0.3, 0.4) is 0 Å². The maximum Gasteiger partial charge on any atom is 0.453 e. The van der Waals surface area contributed by atoms with Gasteiger partial charge in [-0.25, -0.2) is 0 Å². The van der Waals surface area contributed by atoms with E-state index < -0.39 is 81.1 Å². The first-order valence-electron chi connectivity index (χ1n) is 9.80. The Bertz CT molecular complexity index is 809. The van der Waals surface area contributed by atoms with Crippen LogP contribution in [0.1, 0.15) is 31.2 Å². The molecule has 1 aromatic carbocycles. The largest absolute Gasteiger partial charge is 0.462 e. The van der Waals surface area contributed by atoms with Crippen molar-refractivity contribution < 1.29 is 67.7 Å². The molecule has 0 radical (unpaired) electrons. The van der Waals surface area contributed by atoms with Crippen LogP contribution < -0.4 is 0 Å². The van der Waals surface area contributed by atoms with Crippen LogP contribution in [0, 0.1) is 0 Å². The van der Waals surface area contributed by atoms with E-state index in [1.54, 1.807) is 30.3 Å². The van der Waals surface area contributed by atoms with E-state index in [0.29, 0.717) is 5.56 Å². The number of alkyl halides is 10. The van der Waals surface area contributed by atoms with Crippen LogP contribution in [-0.4, -0.2) is 55.5 Å². The molecule has 0 spiro atoms. The summed E-state index contributed by atoms with van der Waals surface area (Å²) in [6.07, 6.45) is -20.0. The molecule has 0 aliphatic heterocycles. The Morgan fingerprint density at radius 2 is 1.20 bits per heavy atom. The van der Waals surface area contributed by atoms with Crippen LogP contribution in [0.4, 0.5) is 43.9 Å². The zero-order valence-electron chi connectivity index (χ0n) is 17.7. The van der Waals surface area contributed by atoms with E-state index in [4.69, 9.17) is 4.74 Å².